The van der Waals surface area contributed by atoms with Crippen LogP contribution < -0.4 is 25.9 Å². The minimum Gasteiger partial charge on any atom is -0.369 e. The second-order valence-electron chi connectivity index (χ2n) is 9.15. The van der Waals surface area contributed by atoms with Gasteiger partial charge >= 0.3 is 0 Å². The van der Waals surface area contributed by atoms with Gasteiger partial charge in [0.05, 0.1) is 5.69 Å². The van der Waals surface area contributed by atoms with Gasteiger partial charge in [0.1, 0.15) is 11.6 Å². The molecule has 9 heteroatoms. The van der Waals surface area contributed by atoms with E-state index in [0.29, 0.717) is 42.0 Å². The lowest BCUT2D eigenvalue weighted by Crippen LogP contribution is -2.31. The minimum absolute atomic E-state index is 0.130. The number of nitrogens with two attached hydrogens (primary N) is 2. The Labute approximate surface area is 214 Å². The van der Waals surface area contributed by atoms with Crippen LogP contribution in [-0.2, 0) is 0 Å². The van der Waals surface area contributed by atoms with Gasteiger partial charge in [0, 0.05) is 37.1 Å². The van der Waals surface area contributed by atoms with Crippen molar-refractivity contribution in [3.63, 3.8) is 0 Å². The number of piperidine rings is 1. The molecular weight excluding hydrogens is 463 g/mol. The summed E-state index contributed by atoms with van der Waals surface area (Å²) in [7, 11) is 1.50. The van der Waals surface area contributed by atoms with Gasteiger partial charge in [-0.25, -0.2) is 9.60 Å². The first-order valence-electron chi connectivity index (χ1n) is 12.4. The normalized spacial score (nSPS) is 20.5. The largest absolute Gasteiger partial charge is 0.369 e. The van der Waals surface area contributed by atoms with Crippen molar-refractivity contribution >= 4 is 30.0 Å². The van der Waals surface area contributed by atoms with E-state index in [1.807, 2.05) is 12.1 Å². The predicted molar refractivity (Wildman–Crippen MR) is 147 cm³/mol. The van der Waals surface area contributed by atoms with Crippen LogP contribution in [0, 0.1) is 11.7 Å². The van der Waals surface area contributed by atoms with Crippen LogP contribution in [0.2, 0.25) is 0 Å². The van der Waals surface area contributed by atoms with Crippen molar-refractivity contribution in [2.45, 2.75) is 30.6 Å². The first kappa shape index (κ1) is 27.4. The molecule has 0 aliphatic carbocycles. The standard InChI is InChI=1S/C23H30FN5OS.C2H4.CH5N/c24-19-13-21(31)18(12-20(19)28-7-4-16(14-25)15-28)17-10-22(27-5-2-1-3-6-27)26-23(11-17)29(30)8-9-29;2*1-2/h10-13,16,30H,1-9,14-15,25H2;1-2H2;2H2,1H3/p+1. The highest BCUT2D eigenvalue weighted by atomic mass is 32.1. The van der Waals surface area contributed by atoms with E-state index in [1.54, 1.807) is 0 Å². The second-order valence-corrected chi connectivity index (χ2v) is 9.63. The van der Waals surface area contributed by atoms with E-state index in [1.165, 1.54) is 19.5 Å². The van der Waals surface area contributed by atoms with Gasteiger partial charge in [-0.1, -0.05) is 0 Å². The predicted octanol–water partition coefficient (Wildman–Crippen LogP) is 4.04. The Kier molecular flexibility index (Phi) is 9.54. The van der Waals surface area contributed by atoms with E-state index in [-0.39, 0.29) is 10.5 Å². The third kappa shape index (κ3) is 6.16. The van der Waals surface area contributed by atoms with Crippen LogP contribution in [0.1, 0.15) is 25.7 Å². The third-order valence-electron chi connectivity index (χ3n) is 6.89. The Balaban J connectivity index is 0.000000815. The quantitative estimate of drug-likeness (QED) is 0.213. The molecule has 1 aromatic carbocycles. The lowest BCUT2D eigenvalue weighted by atomic mass is 10.0. The summed E-state index contributed by atoms with van der Waals surface area (Å²) in [6.07, 6.45) is 4.52. The fourth-order valence-electron chi connectivity index (χ4n) is 4.75. The van der Waals surface area contributed by atoms with Crippen LogP contribution in [0.5, 0.6) is 0 Å². The second kappa shape index (κ2) is 12.2. The van der Waals surface area contributed by atoms with Crippen molar-refractivity contribution in [3.05, 3.63) is 43.2 Å². The van der Waals surface area contributed by atoms with E-state index in [9.17, 15) is 9.60 Å². The average molecular weight is 504 g/mol. The van der Waals surface area contributed by atoms with Crippen LogP contribution in [0.4, 0.5) is 21.7 Å². The summed E-state index contributed by atoms with van der Waals surface area (Å²) in [5, 5.41) is 10.7. The molecule has 0 radical (unpaired) electrons. The highest BCUT2D eigenvalue weighted by Crippen LogP contribution is 2.39. The summed E-state index contributed by atoms with van der Waals surface area (Å²) >= 11 is 4.61. The molecule has 0 spiro atoms. The number of anilines is 2. The number of aromatic nitrogens is 1. The van der Waals surface area contributed by atoms with Crippen molar-refractivity contribution in [1.29, 1.82) is 0 Å². The average Bonchev–Trinajstić information content (AvgIpc) is 3.48. The van der Waals surface area contributed by atoms with Crippen molar-refractivity contribution in [2.75, 3.05) is 62.7 Å². The molecule has 5 N–H and O–H groups in total. The Morgan fingerprint density at radius 3 is 2.37 bits per heavy atom. The first-order valence-corrected chi connectivity index (χ1v) is 12.8. The van der Waals surface area contributed by atoms with Crippen LogP contribution in [0.25, 0.3) is 11.1 Å². The van der Waals surface area contributed by atoms with Gasteiger partial charge in [-0.2, -0.15) is 4.98 Å². The number of thiol groups is 1. The topological polar surface area (TPSA) is 91.6 Å². The van der Waals surface area contributed by atoms with Crippen LogP contribution in [-0.4, -0.2) is 63.1 Å². The van der Waals surface area contributed by atoms with Gasteiger partial charge in [0.15, 0.2) is 13.1 Å². The molecule has 3 aliphatic rings. The molecule has 1 atom stereocenters. The van der Waals surface area contributed by atoms with Crippen molar-refractivity contribution in [3.8, 4) is 11.1 Å². The maximum absolute atomic E-state index is 14.9. The molecule has 0 amide bonds. The molecule has 5 rings (SSSR count). The fraction of sp³-hybridized carbons (Fsp3) is 0.500. The summed E-state index contributed by atoms with van der Waals surface area (Å²) in [6, 6.07) is 7.41. The van der Waals surface area contributed by atoms with E-state index in [0.717, 1.165) is 62.4 Å². The molecule has 0 saturated carbocycles. The summed E-state index contributed by atoms with van der Waals surface area (Å²) in [5.74, 6) is 1.68. The van der Waals surface area contributed by atoms with E-state index < -0.39 is 0 Å². The number of pyridine rings is 1. The zero-order valence-electron chi connectivity index (χ0n) is 20.8. The van der Waals surface area contributed by atoms with Crippen LogP contribution >= 0.6 is 12.6 Å². The van der Waals surface area contributed by atoms with Gasteiger partial charge in [0.2, 0.25) is 0 Å². The lowest BCUT2D eigenvalue weighted by molar-refractivity contribution is 0.0377. The number of halogens is 1. The maximum Gasteiger partial charge on any atom is 0.263 e. The van der Waals surface area contributed by atoms with Crippen molar-refractivity contribution in [2.24, 2.45) is 17.4 Å². The molecule has 3 aliphatic heterocycles. The maximum atomic E-state index is 14.9. The molecule has 3 saturated heterocycles. The smallest absolute Gasteiger partial charge is 0.263 e. The molecule has 192 valence electrons. The lowest BCUT2D eigenvalue weighted by Gasteiger charge is -2.28. The van der Waals surface area contributed by atoms with E-state index in [2.05, 4.69) is 47.4 Å². The van der Waals surface area contributed by atoms with Gasteiger partial charge in [-0.15, -0.1) is 30.4 Å². The van der Waals surface area contributed by atoms with E-state index >= 15 is 0 Å². The molecule has 2 aromatic rings. The molecule has 35 heavy (non-hydrogen) atoms. The van der Waals surface area contributed by atoms with Crippen molar-refractivity contribution < 1.29 is 9.60 Å². The number of quaternary nitrogens is 1. The monoisotopic (exact) mass is 503 g/mol. The molecule has 1 unspecified atom stereocenters. The van der Waals surface area contributed by atoms with Gasteiger partial charge in [-0.05, 0) is 74.5 Å². The molecular formula is C26H40FN6OS+. The summed E-state index contributed by atoms with van der Waals surface area (Å²) in [6.45, 7) is 11.5. The number of hydrogen-bond donors (Lipinski definition) is 4. The minimum atomic E-state index is -0.256. The van der Waals surface area contributed by atoms with E-state index in [4.69, 9.17) is 10.7 Å². The molecule has 0 bridgehead atoms. The SMILES string of the molecule is C=C.CN.NCC1CCN(c2cc(-c3cc(N4CCCCC4)nc([N+]4(O)CC4)c3)c(S)cc2F)C1. The number of hydrogen-bond acceptors (Lipinski definition) is 7. The van der Waals surface area contributed by atoms with Gasteiger partial charge in [0.25, 0.3) is 5.82 Å². The van der Waals surface area contributed by atoms with Gasteiger partial charge < -0.3 is 21.3 Å². The summed E-state index contributed by atoms with van der Waals surface area (Å²) in [4.78, 5) is 9.78. The fourth-order valence-corrected chi connectivity index (χ4v) is 5.06. The van der Waals surface area contributed by atoms with Crippen molar-refractivity contribution in [1.82, 2.24) is 9.63 Å². The molecule has 4 heterocycles. The highest BCUT2D eigenvalue weighted by molar-refractivity contribution is 7.80. The zero-order chi connectivity index (χ0) is 25.6. The van der Waals surface area contributed by atoms with Crippen LogP contribution in [0.15, 0.2) is 42.3 Å². The first-order chi connectivity index (χ1) is 17.0. The zero-order valence-corrected chi connectivity index (χ0v) is 21.7. The Hall–Kier alpha value is -2.17. The summed E-state index contributed by atoms with van der Waals surface area (Å²) < 4.78 is 14.8. The number of nitrogens with zero attached hydrogens (tertiary/aromatic N) is 4. The number of hydroxylamine groups is 2. The third-order valence-corrected chi connectivity index (χ3v) is 7.26. The molecule has 7 nitrogen and oxygen atoms in total. The molecule has 1 aromatic heterocycles. The number of rotatable bonds is 5. The highest BCUT2D eigenvalue weighted by Gasteiger charge is 2.46. The molecule has 3 fully saturated rings. The Bertz CT molecular complexity index is 996. The Morgan fingerprint density at radius 1 is 1.09 bits per heavy atom. The summed E-state index contributed by atoms with van der Waals surface area (Å²) in [5.41, 5.74) is 12.7. The van der Waals surface area contributed by atoms with Gasteiger partial charge in [-0.3, -0.25) is 0 Å². The Morgan fingerprint density at radius 2 is 1.77 bits per heavy atom. The number of benzene rings is 1. The van der Waals surface area contributed by atoms with Crippen LogP contribution in [0.3, 0.4) is 0 Å².